The summed E-state index contributed by atoms with van der Waals surface area (Å²) in [5, 5.41) is 13.8. The van der Waals surface area contributed by atoms with E-state index in [0.717, 1.165) is 6.07 Å². The van der Waals surface area contributed by atoms with Gasteiger partial charge >= 0.3 is 6.03 Å². The minimum Gasteiger partial charge on any atom is -0.308 e. The highest BCUT2D eigenvalue weighted by Gasteiger charge is 2.06. The Labute approximate surface area is 109 Å². The van der Waals surface area contributed by atoms with E-state index in [0.29, 0.717) is 11.4 Å². The predicted molar refractivity (Wildman–Crippen MR) is 70.2 cm³/mol. The first-order valence-corrected chi connectivity index (χ1v) is 5.52. The van der Waals surface area contributed by atoms with Crippen molar-refractivity contribution in [3.63, 3.8) is 0 Å². The molecule has 2 amide bonds. The lowest BCUT2D eigenvalue weighted by molar-refractivity contribution is 0.262. The van der Waals surface area contributed by atoms with Gasteiger partial charge in [-0.25, -0.2) is 9.18 Å². The first kappa shape index (κ1) is 12.6. The minimum atomic E-state index is -0.614. The Bertz CT molecular complexity index is 635. The SMILES string of the molecule is N#Cc1cc(NC(=O)Nc2ccccc2)ccc1F. The van der Waals surface area contributed by atoms with Crippen LogP contribution in [0.1, 0.15) is 5.56 Å². The largest absolute Gasteiger partial charge is 0.323 e. The number of amides is 2. The number of benzene rings is 2. The number of carbonyl (C=O) groups is 1. The quantitative estimate of drug-likeness (QED) is 0.864. The fourth-order valence-corrected chi connectivity index (χ4v) is 1.50. The van der Waals surface area contributed by atoms with Crippen molar-refractivity contribution in [1.29, 1.82) is 5.26 Å². The van der Waals surface area contributed by atoms with Crippen molar-refractivity contribution >= 4 is 17.4 Å². The first-order chi connectivity index (χ1) is 9.19. The molecule has 0 saturated carbocycles. The Morgan fingerprint density at radius 3 is 2.42 bits per heavy atom. The fourth-order valence-electron chi connectivity index (χ4n) is 1.50. The van der Waals surface area contributed by atoms with Crippen LogP contribution in [0.3, 0.4) is 0 Å². The standard InChI is InChI=1S/C14H10FN3O/c15-13-7-6-12(8-10(13)9-16)18-14(19)17-11-4-2-1-3-5-11/h1-8H,(H2,17,18,19). The number of nitriles is 1. The second-order valence-electron chi connectivity index (χ2n) is 3.75. The molecule has 2 N–H and O–H groups in total. The van der Waals surface area contributed by atoms with Gasteiger partial charge in [0.1, 0.15) is 11.9 Å². The van der Waals surface area contributed by atoms with Gasteiger partial charge in [0, 0.05) is 11.4 Å². The summed E-state index contributed by atoms with van der Waals surface area (Å²) in [5.41, 5.74) is 0.881. The van der Waals surface area contributed by atoms with Gasteiger partial charge in [0.2, 0.25) is 0 Å². The average molecular weight is 255 g/mol. The molecule has 0 aromatic heterocycles. The number of rotatable bonds is 2. The summed E-state index contributed by atoms with van der Waals surface area (Å²) in [4.78, 5) is 11.7. The van der Waals surface area contributed by atoms with Crippen LogP contribution in [-0.4, -0.2) is 6.03 Å². The molecule has 0 unspecified atom stereocenters. The first-order valence-electron chi connectivity index (χ1n) is 5.52. The number of nitrogens with one attached hydrogen (secondary N) is 2. The molecule has 2 aromatic carbocycles. The van der Waals surface area contributed by atoms with Crippen LogP contribution in [0.25, 0.3) is 0 Å². The number of carbonyl (C=O) groups excluding carboxylic acids is 1. The maximum atomic E-state index is 13.1. The Balaban J connectivity index is 2.06. The molecule has 0 aliphatic rings. The molecule has 0 saturated heterocycles. The van der Waals surface area contributed by atoms with Crippen LogP contribution in [0.15, 0.2) is 48.5 Å². The van der Waals surface area contributed by atoms with Crippen molar-refractivity contribution in [2.45, 2.75) is 0 Å². The summed E-state index contributed by atoms with van der Waals surface area (Å²) in [6, 6.07) is 14.0. The molecule has 19 heavy (non-hydrogen) atoms. The summed E-state index contributed by atoms with van der Waals surface area (Å²) in [6.07, 6.45) is 0. The van der Waals surface area contributed by atoms with E-state index in [2.05, 4.69) is 10.6 Å². The van der Waals surface area contributed by atoms with Gasteiger partial charge in [-0.15, -0.1) is 0 Å². The van der Waals surface area contributed by atoms with E-state index < -0.39 is 11.8 Å². The molecule has 2 rings (SSSR count). The monoisotopic (exact) mass is 255 g/mol. The second kappa shape index (κ2) is 5.65. The highest BCUT2D eigenvalue weighted by Crippen LogP contribution is 2.14. The third-order valence-electron chi connectivity index (χ3n) is 2.38. The van der Waals surface area contributed by atoms with Crippen LogP contribution in [0.4, 0.5) is 20.6 Å². The van der Waals surface area contributed by atoms with Gasteiger partial charge < -0.3 is 10.6 Å². The third kappa shape index (κ3) is 3.30. The average Bonchev–Trinajstić information content (AvgIpc) is 2.42. The van der Waals surface area contributed by atoms with Crippen molar-refractivity contribution in [2.75, 3.05) is 10.6 Å². The van der Waals surface area contributed by atoms with E-state index in [4.69, 9.17) is 5.26 Å². The molecule has 0 aliphatic carbocycles. The van der Waals surface area contributed by atoms with Gasteiger partial charge in [-0.1, -0.05) is 18.2 Å². The summed E-state index contributed by atoms with van der Waals surface area (Å²) >= 11 is 0. The van der Waals surface area contributed by atoms with Crippen molar-refractivity contribution in [2.24, 2.45) is 0 Å². The number of urea groups is 1. The van der Waals surface area contributed by atoms with Gasteiger partial charge in [0.15, 0.2) is 0 Å². The highest BCUT2D eigenvalue weighted by molar-refractivity contribution is 5.99. The van der Waals surface area contributed by atoms with Gasteiger partial charge in [-0.3, -0.25) is 0 Å². The van der Waals surface area contributed by atoms with Crippen molar-refractivity contribution < 1.29 is 9.18 Å². The lowest BCUT2D eigenvalue weighted by Gasteiger charge is -2.07. The van der Waals surface area contributed by atoms with Gasteiger partial charge in [0.05, 0.1) is 5.56 Å². The van der Waals surface area contributed by atoms with Crippen LogP contribution in [0.2, 0.25) is 0 Å². The van der Waals surface area contributed by atoms with Crippen molar-refractivity contribution in [1.82, 2.24) is 0 Å². The Morgan fingerprint density at radius 2 is 1.74 bits per heavy atom. The van der Waals surface area contributed by atoms with Crippen LogP contribution >= 0.6 is 0 Å². The summed E-state index contributed by atoms with van der Waals surface area (Å²) in [7, 11) is 0. The lowest BCUT2D eigenvalue weighted by Crippen LogP contribution is -2.19. The molecule has 0 heterocycles. The zero-order chi connectivity index (χ0) is 13.7. The maximum absolute atomic E-state index is 13.1. The summed E-state index contributed by atoms with van der Waals surface area (Å²) < 4.78 is 13.1. The van der Waals surface area contributed by atoms with E-state index in [9.17, 15) is 9.18 Å². The number of halogens is 1. The van der Waals surface area contributed by atoms with E-state index in [1.807, 2.05) is 6.07 Å². The molecular weight excluding hydrogens is 245 g/mol. The smallest absolute Gasteiger partial charge is 0.308 e. The van der Waals surface area contributed by atoms with E-state index in [1.54, 1.807) is 30.3 Å². The summed E-state index contributed by atoms with van der Waals surface area (Å²) in [6.45, 7) is 0. The molecule has 0 radical (unpaired) electrons. The fraction of sp³-hybridized carbons (Fsp3) is 0. The Hall–Kier alpha value is -2.87. The molecule has 4 nitrogen and oxygen atoms in total. The van der Waals surface area contributed by atoms with Crippen LogP contribution < -0.4 is 10.6 Å². The molecule has 94 valence electrons. The molecule has 2 aromatic rings. The van der Waals surface area contributed by atoms with Crippen LogP contribution in [0, 0.1) is 17.1 Å². The van der Waals surface area contributed by atoms with Crippen LogP contribution in [0.5, 0.6) is 0 Å². The Kier molecular flexibility index (Phi) is 3.74. The Morgan fingerprint density at radius 1 is 1.05 bits per heavy atom. The molecule has 0 aliphatic heterocycles. The predicted octanol–water partition coefficient (Wildman–Crippen LogP) is 3.34. The number of anilines is 2. The lowest BCUT2D eigenvalue weighted by atomic mass is 10.2. The van der Waals surface area contributed by atoms with Crippen molar-refractivity contribution in [3.05, 3.63) is 59.9 Å². The number of nitrogens with zero attached hydrogens (tertiary/aromatic N) is 1. The molecule has 0 bridgehead atoms. The van der Waals surface area contributed by atoms with Crippen molar-refractivity contribution in [3.8, 4) is 6.07 Å². The third-order valence-corrected chi connectivity index (χ3v) is 2.38. The van der Waals surface area contributed by atoms with E-state index >= 15 is 0 Å². The number of hydrogen-bond acceptors (Lipinski definition) is 2. The van der Waals surface area contributed by atoms with Crippen LogP contribution in [-0.2, 0) is 0 Å². The van der Waals surface area contributed by atoms with Gasteiger partial charge in [-0.2, -0.15) is 5.26 Å². The zero-order valence-corrected chi connectivity index (χ0v) is 9.85. The molecule has 0 fully saturated rings. The van der Waals surface area contributed by atoms with Gasteiger partial charge in [0.25, 0.3) is 0 Å². The zero-order valence-electron chi connectivity index (χ0n) is 9.85. The molecular formula is C14H10FN3O. The topological polar surface area (TPSA) is 64.9 Å². The minimum absolute atomic E-state index is 0.113. The number of para-hydroxylation sites is 1. The van der Waals surface area contributed by atoms with Gasteiger partial charge in [-0.05, 0) is 30.3 Å². The maximum Gasteiger partial charge on any atom is 0.323 e. The van der Waals surface area contributed by atoms with E-state index in [-0.39, 0.29) is 5.56 Å². The number of hydrogen-bond donors (Lipinski definition) is 2. The van der Waals surface area contributed by atoms with E-state index in [1.165, 1.54) is 12.1 Å². The molecule has 0 atom stereocenters. The normalized spacial score (nSPS) is 9.47. The molecule has 5 heteroatoms. The summed E-state index contributed by atoms with van der Waals surface area (Å²) in [5.74, 6) is -0.614. The second-order valence-corrected chi connectivity index (χ2v) is 3.75. The molecule has 0 spiro atoms. The highest BCUT2D eigenvalue weighted by atomic mass is 19.1.